The highest BCUT2D eigenvalue weighted by Crippen LogP contribution is 2.49. The second-order valence-corrected chi connectivity index (χ2v) is 7.52. The lowest BCUT2D eigenvalue weighted by molar-refractivity contribution is 0.324. The summed E-state index contributed by atoms with van der Waals surface area (Å²) in [5.41, 5.74) is 2.60. The molecule has 0 unspecified atom stereocenters. The number of nitrogens with zero attached hydrogens (tertiary/aromatic N) is 4. The van der Waals surface area contributed by atoms with E-state index >= 15 is 0 Å². The van der Waals surface area contributed by atoms with E-state index in [0.29, 0.717) is 62.5 Å². The monoisotopic (exact) mass is 476 g/mol. The lowest BCUT2D eigenvalue weighted by atomic mass is 10.00. The van der Waals surface area contributed by atoms with Crippen molar-refractivity contribution in [1.29, 1.82) is 0 Å². The molecule has 0 saturated heterocycles. The van der Waals surface area contributed by atoms with Crippen LogP contribution in [0.4, 0.5) is 0 Å². The fourth-order valence-corrected chi connectivity index (χ4v) is 4.33. The number of rotatable bonds is 7. The number of imidazole rings is 1. The third-order valence-corrected chi connectivity index (χ3v) is 5.86. The molecule has 10 heteroatoms. The SMILES string of the molecule is COc1cc(-c2nc3c(nc4ncccn43)c3cc(OC)c(OC)c(OC)c23)cc(OC)c1OC. The van der Waals surface area contributed by atoms with Crippen molar-refractivity contribution in [2.45, 2.75) is 0 Å². The number of fused-ring (bicyclic) bond motifs is 5. The van der Waals surface area contributed by atoms with Gasteiger partial charge in [0, 0.05) is 23.3 Å². The smallest absolute Gasteiger partial charge is 0.236 e. The van der Waals surface area contributed by atoms with Crippen LogP contribution in [0.1, 0.15) is 0 Å². The lowest BCUT2D eigenvalue weighted by Crippen LogP contribution is -2.00. The van der Waals surface area contributed by atoms with Crippen LogP contribution in [-0.4, -0.2) is 62.0 Å². The van der Waals surface area contributed by atoms with Crippen LogP contribution < -0.4 is 28.4 Å². The van der Waals surface area contributed by atoms with Gasteiger partial charge in [-0.3, -0.25) is 4.40 Å². The number of pyridine rings is 1. The fourth-order valence-electron chi connectivity index (χ4n) is 4.33. The molecule has 0 aliphatic heterocycles. The molecule has 0 fully saturated rings. The maximum Gasteiger partial charge on any atom is 0.236 e. The molecule has 0 N–H and O–H groups in total. The Kier molecular flexibility index (Phi) is 5.56. The Hall–Kier alpha value is -4.47. The first-order chi connectivity index (χ1) is 17.1. The molecule has 0 aliphatic rings. The molecule has 5 rings (SSSR count). The van der Waals surface area contributed by atoms with E-state index < -0.39 is 0 Å². The van der Waals surface area contributed by atoms with Gasteiger partial charge in [-0.25, -0.2) is 15.0 Å². The zero-order valence-corrected chi connectivity index (χ0v) is 20.2. The van der Waals surface area contributed by atoms with Crippen molar-refractivity contribution in [3.63, 3.8) is 0 Å². The van der Waals surface area contributed by atoms with E-state index in [1.54, 1.807) is 48.9 Å². The topological polar surface area (TPSA) is 98.5 Å². The Morgan fingerprint density at radius 2 is 1.31 bits per heavy atom. The Labute approximate surface area is 200 Å². The first-order valence-corrected chi connectivity index (χ1v) is 10.7. The number of hydrogen-bond acceptors (Lipinski definition) is 9. The van der Waals surface area contributed by atoms with Gasteiger partial charge in [-0.2, -0.15) is 0 Å². The van der Waals surface area contributed by atoms with Gasteiger partial charge in [0.1, 0.15) is 5.52 Å². The Bertz CT molecular complexity index is 1550. The zero-order valence-electron chi connectivity index (χ0n) is 20.2. The van der Waals surface area contributed by atoms with Crippen molar-refractivity contribution in [3.05, 3.63) is 36.7 Å². The molecule has 180 valence electrons. The average Bonchev–Trinajstić information content (AvgIpc) is 3.29. The third kappa shape index (κ3) is 3.29. The summed E-state index contributed by atoms with van der Waals surface area (Å²) in [5, 5.41) is 1.45. The maximum absolute atomic E-state index is 5.85. The molecule has 5 aromatic rings. The Morgan fingerprint density at radius 1 is 0.686 bits per heavy atom. The molecular weight excluding hydrogens is 452 g/mol. The highest BCUT2D eigenvalue weighted by molar-refractivity contribution is 6.13. The molecule has 0 atom stereocenters. The van der Waals surface area contributed by atoms with Crippen LogP contribution in [0.5, 0.6) is 34.5 Å². The van der Waals surface area contributed by atoms with Gasteiger partial charge in [-0.15, -0.1) is 0 Å². The second kappa shape index (κ2) is 8.71. The first-order valence-electron chi connectivity index (χ1n) is 10.7. The van der Waals surface area contributed by atoms with E-state index in [-0.39, 0.29) is 0 Å². The minimum Gasteiger partial charge on any atom is -0.493 e. The van der Waals surface area contributed by atoms with Crippen molar-refractivity contribution in [3.8, 4) is 45.8 Å². The quantitative estimate of drug-likeness (QED) is 0.343. The highest BCUT2D eigenvalue weighted by atomic mass is 16.5. The lowest BCUT2D eigenvalue weighted by Gasteiger charge is -2.18. The minimum absolute atomic E-state index is 0.444. The fraction of sp³-hybridized carbons (Fsp3) is 0.240. The number of aromatic nitrogens is 4. The van der Waals surface area contributed by atoms with Crippen molar-refractivity contribution in [2.24, 2.45) is 0 Å². The van der Waals surface area contributed by atoms with Crippen LogP contribution in [0.2, 0.25) is 0 Å². The zero-order chi connectivity index (χ0) is 24.7. The van der Waals surface area contributed by atoms with E-state index in [9.17, 15) is 0 Å². The molecule has 0 spiro atoms. The van der Waals surface area contributed by atoms with Crippen molar-refractivity contribution < 1.29 is 28.4 Å². The number of ether oxygens (including phenoxy) is 6. The standard InChI is InChI=1S/C25H24N4O6/c1-30-15-10-13(11-16(31-2)21(15)33-4)19-18-14(12-17(32-3)22(34-5)23(18)35-6)20-24(27-19)29-9-7-8-26-25(29)28-20/h7-12H,1-6H3. The molecule has 0 bridgehead atoms. The molecule has 3 aromatic heterocycles. The molecule has 0 amide bonds. The summed E-state index contributed by atoms with van der Waals surface area (Å²) in [6.45, 7) is 0. The van der Waals surface area contributed by atoms with Crippen LogP contribution in [0, 0.1) is 0 Å². The summed E-state index contributed by atoms with van der Waals surface area (Å²) in [5.74, 6) is 3.41. The van der Waals surface area contributed by atoms with Gasteiger partial charge in [0.25, 0.3) is 0 Å². The van der Waals surface area contributed by atoms with E-state index in [2.05, 4.69) is 4.98 Å². The summed E-state index contributed by atoms with van der Waals surface area (Å²) in [7, 11) is 9.41. The van der Waals surface area contributed by atoms with E-state index in [0.717, 1.165) is 10.9 Å². The van der Waals surface area contributed by atoms with Crippen LogP contribution in [0.15, 0.2) is 36.7 Å². The number of hydrogen-bond donors (Lipinski definition) is 0. The van der Waals surface area contributed by atoms with Gasteiger partial charge < -0.3 is 28.4 Å². The van der Waals surface area contributed by atoms with Gasteiger partial charge in [-0.05, 0) is 24.3 Å². The Morgan fingerprint density at radius 3 is 1.91 bits per heavy atom. The van der Waals surface area contributed by atoms with Crippen LogP contribution in [0.3, 0.4) is 0 Å². The summed E-state index contributed by atoms with van der Waals surface area (Å²) in [4.78, 5) is 14.2. The van der Waals surface area contributed by atoms with Gasteiger partial charge in [0.2, 0.25) is 17.3 Å². The van der Waals surface area contributed by atoms with Crippen LogP contribution >= 0.6 is 0 Å². The van der Waals surface area contributed by atoms with Gasteiger partial charge >= 0.3 is 0 Å². The molecule has 3 heterocycles. The molecular formula is C25H24N4O6. The number of methoxy groups -OCH3 is 6. The minimum atomic E-state index is 0.444. The molecule has 0 radical (unpaired) electrons. The normalized spacial score (nSPS) is 11.1. The van der Waals surface area contributed by atoms with Crippen molar-refractivity contribution >= 4 is 27.7 Å². The Balaban J connectivity index is 2.01. The van der Waals surface area contributed by atoms with Crippen LogP contribution in [0.25, 0.3) is 39.0 Å². The van der Waals surface area contributed by atoms with E-state index in [4.69, 9.17) is 38.4 Å². The van der Waals surface area contributed by atoms with Crippen molar-refractivity contribution in [2.75, 3.05) is 42.7 Å². The van der Waals surface area contributed by atoms with Gasteiger partial charge in [-0.1, -0.05) is 0 Å². The maximum atomic E-state index is 5.85. The predicted octanol–water partition coefficient (Wildman–Crippen LogP) is 4.15. The highest BCUT2D eigenvalue weighted by Gasteiger charge is 2.26. The molecule has 0 saturated carbocycles. The van der Waals surface area contributed by atoms with Gasteiger partial charge in [0.05, 0.1) is 53.7 Å². The van der Waals surface area contributed by atoms with E-state index in [1.165, 1.54) is 0 Å². The molecule has 2 aromatic carbocycles. The largest absolute Gasteiger partial charge is 0.493 e. The van der Waals surface area contributed by atoms with Gasteiger partial charge in [0.15, 0.2) is 28.6 Å². The van der Waals surface area contributed by atoms with Crippen molar-refractivity contribution in [1.82, 2.24) is 19.4 Å². The molecule has 0 aliphatic carbocycles. The average molecular weight is 476 g/mol. The summed E-state index contributed by atoms with van der Waals surface area (Å²) in [6, 6.07) is 7.38. The summed E-state index contributed by atoms with van der Waals surface area (Å²) >= 11 is 0. The summed E-state index contributed by atoms with van der Waals surface area (Å²) < 4.78 is 35.7. The number of benzene rings is 2. The summed E-state index contributed by atoms with van der Waals surface area (Å²) in [6.07, 6.45) is 3.56. The van der Waals surface area contributed by atoms with Crippen LogP contribution in [-0.2, 0) is 0 Å². The third-order valence-electron chi connectivity index (χ3n) is 5.86. The molecule has 10 nitrogen and oxygen atoms in total. The predicted molar refractivity (Wildman–Crippen MR) is 131 cm³/mol. The first kappa shape index (κ1) is 22.3. The molecule has 35 heavy (non-hydrogen) atoms. The second-order valence-electron chi connectivity index (χ2n) is 7.52. The van der Waals surface area contributed by atoms with E-state index in [1.807, 2.05) is 34.9 Å².